The van der Waals surface area contributed by atoms with E-state index in [1.54, 1.807) is 6.20 Å². The molecule has 4 rings (SSSR count). The third-order valence-electron chi connectivity index (χ3n) is 5.78. The molecule has 0 bridgehead atoms. The minimum Gasteiger partial charge on any atom is -0.426 e. The molecule has 4 heteroatoms. The number of benzene rings is 1. The molecule has 1 fully saturated rings. The third kappa shape index (κ3) is 2.85. The molecular weight excluding hydrogens is 307 g/mol. The monoisotopic (exact) mass is 330 g/mol. The Hall–Kier alpha value is -2.20. The van der Waals surface area contributed by atoms with Crippen molar-refractivity contribution in [3.8, 4) is 11.4 Å². The van der Waals surface area contributed by atoms with Gasteiger partial charge in [-0.25, -0.2) is 4.98 Å². The first kappa shape index (κ1) is 16.3. The highest BCUT2D eigenvalue weighted by atomic mass is 16.5. The van der Waals surface area contributed by atoms with E-state index in [0.29, 0.717) is 0 Å². The van der Waals surface area contributed by atoms with Gasteiger partial charge < -0.3 is 4.65 Å². The third-order valence-corrected chi connectivity index (χ3v) is 5.78. The van der Waals surface area contributed by atoms with Crippen molar-refractivity contribution in [1.82, 2.24) is 9.97 Å². The highest BCUT2D eigenvalue weighted by molar-refractivity contribution is 6.68. The van der Waals surface area contributed by atoms with Crippen LogP contribution in [0.1, 0.15) is 27.7 Å². The second-order valence-electron chi connectivity index (χ2n) is 8.07. The topological polar surface area (TPSA) is 35.0 Å². The lowest BCUT2D eigenvalue weighted by Crippen LogP contribution is -2.36. The molecule has 0 amide bonds. The van der Waals surface area contributed by atoms with Gasteiger partial charge in [0.1, 0.15) is 0 Å². The average molecular weight is 330 g/mol. The Balaban J connectivity index is 1.73. The first-order valence-electron chi connectivity index (χ1n) is 8.86. The molecule has 126 valence electrons. The molecule has 2 aromatic heterocycles. The van der Waals surface area contributed by atoms with Crippen LogP contribution >= 0.6 is 0 Å². The van der Waals surface area contributed by atoms with E-state index in [9.17, 15) is 0 Å². The molecule has 0 radical (unpaired) electrons. The van der Waals surface area contributed by atoms with E-state index in [4.69, 9.17) is 9.64 Å². The lowest BCUT2D eigenvalue weighted by Gasteiger charge is -2.34. The van der Waals surface area contributed by atoms with Crippen LogP contribution in [0, 0.1) is 5.41 Å². The summed E-state index contributed by atoms with van der Waals surface area (Å²) in [7, 11) is 0. The summed E-state index contributed by atoms with van der Waals surface area (Å²) in [5.41, 5.74) is 4.02. The summed E-state index contributed by atoms with van der Waals surface area (Å²) < 4.78 is 6.37. The molecule has 0 aliphatic carbocycles. The van der Waals surface area contributed by atoms with Crippen molar-refractivity contribution in [1.29, 1.82) is 0 Å². The molecule has 1 aromatic carbocycles. The quantitative estimate of drug-likeness (QED) is 0.656. The Morgan fingerprint density at radius 3 is 2.44 bits per heavy atom. The maximum Gasteiger partial charge on any atom is 0.328 e. The molecule has 1 saturated heterocycles. The second-order valence-corrected chi connectivity index (χ2v) is 8.07. The fraction of sp³-hybridized carbons (Fsp3) is 0.333. The van der Waals surface area contributed by atoms with E-state index in [-0.39, 0.29) is 17.9 Å². The van der Waals surface area contributed by atoms with Gasteiger partial charge in [-0.15, -0.1) is 0 Å². The van der Waals surface area contributed by atoms with Crippen LogP contribution in [0.5, 0.6) is 0 Å². The van der Waals surface area contributed by atoms with Crippen molar-refractivity contribution in [2.45, 2.75) is 39.6 Å². The van der Waals surface area contributed by atoms with Crippen molar-refractivity contribution in [2.24, 2.45) is 5.41 Å². The van der Waals surface area contributed by atoms with E-state index in [2.05, 4.69) is 56.9 Å². The van der Waals surface area contributed by atoms with Gasteiger partial charge in [-0.3, -0.25) is 4.98 Å². The van der Waals surface area contributed by atoms with Gasteiger partial charge in [-0.1, -0.05) is 38.1 Å². The average Bonchev–Trinajstić information content (AvgIpc) is 2.82. The minimum absolute atomic E-state index is 0.120. The number of hydrogen-bond donors (Lipinski definition) is 0. The number of aromatic nitrogens is 2. The molecule has 0 saturated carbocycles. The lowest BCUT2D eigenvalue weighted by atomic mass is 9.54. The number of pyridine rings is 2. The molecule has 3 heterocycles. The van der Waals surface area contributed by atoms with Gasteiger partial charge in [0.2, 0.25) is 0 Å². The molecule has 1 aliphatic heterocycles. The van der Waals surface area contributed by atoms with E-state index in [1.165, 1.54) is 5.46 Å². The molecule has 0 atom stereocenters. The van der Waals surface area contributed by atoms with Crippen molar-refractivity contribution in [2.75, 3.05) is 0 Å². The molecular formula is C21H23BN2O. The van der Waals surface area contributed by atoms with E-state index in [1.807, 2.05) is 24.3 Å². The van der Waals surface area contributed by atoms with E-state index >= 15 is 0 Å². The largest absolute Gasteiger partial charge is 0.426 e. The Bertz CT molecular complexity index is 906. The Labute approximate surface area is 149 Å². The van der Waals surface area contributed by atoms with Crippen LogP contribution in [0.15, 0.2) is 54.7 Å². The molecule has 3 nitrogen and oxygen atoms in total. The van der Waals surface area contributed by atoms with Crippen molar-refractivity contribution in [3.05, 3.63) is 54.7 Å². The van der Waals surface area contributed by atoms with Crippen molar-refractivity contribution < 1.29 is 4.65 Å². The standard InChI is InChI=1S/C21H23BN2O/c1-20(2)14-22(25-21(20,3)4)16-10-8-15-9-11-18(24-19(15)13-16)17-7-5-6-12-23-17/h5-13H,14H2,1-4H3. The van der Waals surface area contributed by atoms with Crippen molar-refractivity contribution >= 4 is 23.3 Å². The van der Waals surface area contributed by atoms with Gasteiger partial charge in [0.05, 0.1) is 22.5 Å². The summed E-state index contributed by atoms with van der Waals surface area (Å²) in [5, 5.41) is 1.14. The van der Waals surface area contributed by atoms with Gasteiger partial charge in [-0.05, 0) is 55.3 Å². The Morgan fingerprint density at radius 2 is 1.76 bits per heavy atom. The first-order chi connectivity index (χ1) is 11.9. The lowest BCUT2D eigenvalue weighted by molar-refractivity contribution is 0.0375. The normalized spacial score (nSPS) is 18.6. The zero-order valence-electron chi connectivity index (χ0n) is 15.3. The molecule has 3 aromatic rings. The Morgan fingerprint density at radius 1 is 0.960 bits per heavy atom. The van der Waals surface area contributed by atoms with Crippen LogP contribution in [-0.4, -0.2) is 22.5 Å². The fourth-order valence-corrected chi connectivity index (χ4v) is 3.44. The summed E-state index contributed by atoms with van der Waals surface area (Å²) in [6, 6.07) is 16.5. The molecule has 0 spiro atoms. The molecule has 0 N–H and O–H groups in total. The number of rotatable bonds is 2. The fourth-order valence-electron chi connectivity index (χ4n) is 3.44. The van der Waals surface area contributed by atoms with Gasteiger partial charge in [0.25, 0.3) is 0 Å². The van der Waals surface area contributed by atoms with Crippen LogP contribution < -0.4 is 5.46 Å². The van der Waals surface area contributed by atoms with Gasteiger partial charge >= 0.3 is 6.92 Å². The summed E-state index contributed by atoms with van der Waals surface area (Å²) >= 11 is 0. The summed E-state index contributed by atoms with van der Waals surface area (Å²) in [6.45, 7) is 9.06. The van der Waals surface area contributed by atoms with Crippen LogP contribution in [-0.2, 0) is 4.65 Å². The zero-order chi connectivity index (χ0) is 17.7. The predicted octanol–water partition coefficient (Wildman–Crippen LogP) is 4.33. The van der Waals surface area contributed by atoms with Gasteiger partial charge in [0, 0.05) is 11.6 Å². The van der Waals surface area contributed by atoms with Crippen LogP contribution in [0.4, 0.5) is 0 Å². The first-order valence-corrected chi connectivity index (χ1v) is 8.86. The maximum absolute atomic E-state index is 6.37. The summed E-state index contributed by atoms with van der Waals surface area (Å²) in [5.74, 6) is 0. The molecule has 0 unspecified atom stereocenters. The number of nitrogens with zero attached hydrogens (tertiary/aromatic N) is 2. The highest BCUT2D eigenvalue weighted by Gasteiger charge is 2.49. The van der Waals surface area contributed by atoms with E-state index < -0.39 is 0 Å². The molecule has 25 heavy (non-hydrogen) atoms. The Kier molecular flexibility index (Phi) is 3.69. The predicted molar refractivity (Wildman–Crippen MR) is 104 cm³/mol. The highest BCUT2D eigenvalue weighted by Crippen LogP contribution is 2.45. The number of fused-ring (bicyclic) bond motifs is 1. The van der Waals surface area contributed by atoms with Gasteiger partial charge in [-0.2, -0.15) is 0 Å². The maximum atomic E-state index is 6.37. The smallest absolute Gasteiger partial charge is 0.328 e. The van der Waals surface area contributed by atoms with E-state index in [0.717, 1.165) is 28.6 Å². The van der Waals surface area contributed by atoms with Crippen molar-refractivity contribution in [3.63, 3.8) is 0 Å². The summed E-state index contributed by atoms with van der Waals surface area (Å²) in [4.78, 5) is 9.24. The van der Waals surface area contributed by atoms with Gasteiger partial charge in [0.15, 0.2) is 0 Å². The second kappa shape index (κ2) is 5.67. The SMILES string of the molecule is CC1(C)CB(c2ccc3ccc(-c4ccccn4)nc3c2)OC1(C)C. The van der Waals surface area contributed by atoms with Crippen LogP contribution in [0.2, 0.25) is 6.32 Å². The summed E-state index contributed by atoms with van der Waals surface area (Å²) in [6.07, 6.45) is 2.82. The number of hydrogen-bond acceptors (Lipinski definition) is 3. The van der Waals surface area contributed by atoms with Crippen LogP contribution in [0.3, 0.4) is 0 Å². The minimum atomic E-state index is -0.129. The van der Waals surface area contributed by atoms with Crippen LogP contribution in [0.25, 0.3) is 22.3 Å². The zero-order valence-corrected chi connectivity index (χ0v) is 15.3. The molecule has 1 aliphatic rings.